The summed E-state index contributed by atoms with van der Waals surface area (Å²) in [6.07, 6.45) is 2.61. The Morgan fingerprint density at radius 3 is 2.32 bits per heavy atom. The van der Waals surface area contributed by atoms with Crippen molar-refractivity contribution in [3.05, 3.63) is 70.7 Å². The highest BCUT2D eigenvalue weighted by atomic mass is 35.5. The lowest BCUT2D eigenvalue weighted by molar-refractivity contribution is 0.0458. The Labute approximate surface area is 119 Å². The SMILES string of the molecule is CC(O)(CCCc1ccccc1)c1ccccc1Cl. The number of rotatable bonds is 5. The molecule has 2 heteroatoms. The predicted octanol–water partition coefficient (Wildman–Crippen LogP) is 4.57. The molecule has 0 aromatic heterocycles. The minimum Gasteiger partial charge on any atom is -0.385 e. The molecule has 0 fully saturated rings. The van der Waals surface area contributed by atoms with Crippen molar-refractivity contribution in [1.82, 2.24) is 0 Å². The molecule has 1 nitrogen and oxygen atoms in total. The van der Waals surface area contributed by atoms with Gasteiger partial charge in [0.25, 0.3) is 0 Å². The molecule has 0 bridgehead atoms. The number of halogens is 1. The van der Waals surface area contributed by atoms with E-state index in [1.165, 1.54) is 5.56 Å². The lowest BCUT2D eigenvalue weighted by Crippen LogP contribution is -2.21. The van der Waals surface area contributed by atoms with Gasteiger partial charge in [-0.05, 0) is 37.8 Å². The average Bonchev–Trinajstić information content (AvgIpc) is 2.40. The third kappa shape index (κ3) is 3.82. The molecule has 2 aromatic rings. The molecule has 0 amide bonds. The highest BCUT2D eigenvalue weighted by Gasteiger charge is 2.24. The molecule has 0 saturated heterocycles. The fraction of sp³-hybridized carbons (Fsp3) is 0.294. The van der Waals surface area contributed by atoms with Crippen LogP contribution in [0, 0.1) is 0 Å². The molecule has 1 unspecified atom stereocenters. The van der Waals surface area contributed by atoms with Crippen molar-refractivity contribution >= 4 is 11.6 Å². The minimum absolute atomic E-state index is 0.632. The van der Waals surface area contributed by atoms with Crippen molar-refractivity contribution in [3.8, 4) is 0 Å². The minimum atomic E-state index is -0.868. The van der Waals surface area contributed by atoms with E-state index in [0.29, 0.717) is 11.4 Å². The molecule has 0 aliphatic heterocycles. The van der Waals surface area contributed by atoms with Gasteiger partial charge >= 0.3 is 0 Å². The second-order valence-corrected chi connectivity index (χ2v) is 5.50. The second kappa shape index (κ2) is 6.23. The maximum Gasteiger partial charge on any atom is 0.0883 e. The zero-order valence-electron chi connectivity index (χ0n) is 11.1. The van der Waals surface area contributed by atoms with E-state index in [1.807, 2.05) is 49.4 Å². The molecule has 2 aromatic carbocycles. The van der Waals surface area contributed by atoms with E-state index < -0.39 is 5.60 Å². The summed E-state index contributed by atoms with van der Waals surface area (Å²) in [6, 6.07) is 17.8. The van der Waals surface area contributed by atoms with E-state index in [1.54, 1.807) is 0 Å². The summed E-state index contributed by atoms with van der Waals surface area (Å²) in [6.45, 7) is 1.83. The molecule has 0 spiro atoms. The largest absolute Gasteiger partial charge is 0.385 e. The van der Waals surface area contributed by atoms with Crippen LogP contribution in [0.3, 0.4) is 0 Å². The maximum absolute atomic E-state index is 10.6. The summed E-state index contributed by atoms with van der Waals surface area (Å²) >= 11 is 6.14. The van der Waals surface area contributed by atoms with Crippen molar-refractivity contribution in [2.24, 2.45) is 0 Å². The molecule has 1 N–H and O–H groups in total. The zero-order chi connectivity index (χ0) is 13.7. The Morgan fingerprint density at radius 1 is 1.00 bits per heavy atom. The van der Waals surface area contributed by atoms with Gasteiger partial charge in [0, 0.05) is 10.6 Å². The summed E-state index contributed by atoms with van der Waals surface area (Å²) in [7, 11) is 0. The first-order valence-corrected chi connectivity index (χ1v) is 6.99. The zero-order valence-corrected chi connectivity index (χ0v) is 11.9. The number of hydrogen-bond acceptors (Lipinski definition) is 1. The lowest BCUT2D eigenvalue weighted by atomic mass is 9.89. The van der Waals surface area contributed by atoms with Gasteiger partial charge in [-0.3, -0.25) is 0 Å². The fourth-order valence-corrected chi connectivity index (χ4v) is 2.65. The molecular formula is C17H19ClO. The van der Waals surface area contributed by atoms with Crippen molar-refractivity contribution in [1.29, 1.82) is 0 Å². The Morgan fingerprint density at radius 2 is 1.63 bits per heavy atom. The molecule has 0 saturated carbocycles. The Balaban J connectivity index is 1.97. The molecule has 0 aliphatic rings. The molecule has 0 heterocycles. The molecule has 100 valence electrons. The Hall–Kier alpha value is -1.31. The summed E-state index contributed by atoms with van der Waals surface area (Å²) in [4.78, 5) is 0. The smallest absolute Gasteiger partial charge is 0.0883 e. The predicted molar refractivity (Wildman–Crippen MR) is 80.4 cm³/mol. The normalized spacial score (nSPS) is 14.1. The quantitative estimate of drug-likeness (QED) is 0.847. The number of aliphatic hydroxyl groups is 1. The van der Waals surface area contributed by atoms with Crippen LogP contribution in [0.15, 0.2) is 54.6 Å². The van der Waals surface area contributed by atoms with Crippen LogP contribution < -0.4 is 0 Å². The van der Waals surface area contributed by atoms with Gasteiger partial charge in [-0.15, -0.1) is 0 Å². The molecule has 19 heavy (non-hydrogen) atoms. The van der Waals surface area contributed by atoms with Gasteiger partial charge in [-0.2, -0.15) is 0 Å². The first-order chi connectivity index (χ1) is 9.09. The van der Waals surface area contributed by atoms with Crippen molar-refractivity contribution in [3.63, 3.8) is 0 Å². The highest BCUT2D eigenvalue weighted by molar-refractivity contribution is 6.31. The molecule has 0 radical (unpaired) electrons. The van der Waals surface area contributed by atoms with E-state index >= 15 is 0 Å². The van der Waals surface area contributed by atoms with Crippen LogP contribution >= 0.6 is 11.6 Å². The van der Waals surface area contributed by atoms with Gasteiger partial charge in [-0.25, -0.2) is 0 Å². The van der Waals surface area contributed by atoms with Crippen LogP contribution in [-0.4, -0.2) is 5.11 Å². The van der Waals surface area contributed by atoms with Crippen LogP contribution in [0.25, 0.3) is 0 Å². The second-order valence-electron chi connectivity index (χ2n) is 5.09. The van der Waals surface area contributed by atoms with Gasteiger partial charge in [0.05, 0.1) is 5.60 Å². The average molecular weight is 275 g/mol. The Kier molecular flexibility index (Phi) is 4.62. The van der Waals surface area contributed by atoms with E-state index in [4.69, 9.17) is 11.6 Å². The third-order valence-corrected chi connectivity index (χ3v) is 3.76. The van der Waals surface area contributed by atoms with E-state index in [9.17, 15) is 5.11 Å². The topological polar surface area (TPSA) is 20.2 Å². The lowest BCUT2D eigenvalue weighted by Gasteiger charge is -2.25. The van der Waals surface area contributed by atoms with Gasteiger partial charge in [0.15, 0.2) is 0 Å². The summed E-state index contributed by atoms with van der Waals surface area (Å²) in [5.74, 6) is 0. The monoisotopic (exact) mass is 274 g/mol. The molecule has 1 atom stereocenters. The standard InChI is InChI=1S/C17H19ClO/c1-17(19,15-11-5-6-12-16(15)18)13-7-10-14-8-3-2-4-9-14/h2-6,8-9,11-12,19H,7,10,13H2,1H3. The van der Waals surface area contributed by atoms with Gasteiger partial charge in [0.2, 0.25) is 0 Å². The summed E-state index contributed by atoms with van der Waals surface area (Å²) in [5.41, 5.74) is 1.25. The fourth-order valence-electron chi connectivity index (χ4n) is 2.31. The van der Waals surface area contributed by atoms with Gasteiger partial charge in [-0.1, -0.05) is 60.1 Å². The van der Waals surface area contributed by atoms with E-state index in [2.05, 4.69) is 12.1 Å². The Bertz CT molecular complexity index is 520. The van der Waals surface area contributed by atoms with E-state index in [-0.39, 0.29) is 0 Å². The van der Waals surface area contributed by atoms with Crippen LogP contribution in [0.1, 0.15) is 30.9 Å². The maximum atomic E-state index is 10.6. The third-order valence-electron chi connectivity index (χ3n) is 3.43. The van der Waals surface area contributed by atoms with E-state index in [0.717, 1.165) is 18.4 Å². The molecular weight excluding hydrogens is 256 g/mol. The number of hydrogen-bond donors (Lipinski definition) is 1. The van der Waals surface area contributed by atoms with Crippen molar-refractivity contribution in [2.45, 2.75) is 31.8 Å². The number of benzene rings is 2. The molecule has 2 rings (SSSR count). The van der Waals surface area contributed by atoms with Crippen molar-refractivity contribution < 1.29 is 5.11 Å². The first-order valence-electron chi connectivity index (χ1n) is 6.61. The van der Waals surface area contributed by atoms with Gasteiger partial charge < -0.3 is 5.11 Å². The van der Waals surface area contributed by atoms with Crippen LogP contribution in [0.2, 0.25) is 5.02 Å². The number of aryl methyl sites for hydroxylation is 1. The summed E-state index contributed by atoms with van der Waals surface area (Å²) in [5, 5.41) is 11.2. The van der Waals surface area contributed by atoms with Gasteiger partial charge in [0.1, 0.15) is 0 Å². The van der Waals surface area contributed by atoms with Crippen LogP contribution in [0.5, 0.6) is 0 Å². The van der Waals surface area contributed by atoms with Crippen LogP contribution in [0.4, 0.5) is 0 Å². The van der Waals surface area contributed by atoms with Crippen molar-refractivity contribution in [2.75, 3.05) is 0 Å². The molecule has 0 aliphatic carbocycles. The first kappa shape index (κ1) is 14.1. The van der Waals surface area contributed by atoms with Crippen LogP contribution in [-0.2, 0) is 12.0 Å². The highest BCUT2D eigenvalue weighted by Crippen LogP contribution is 2.31. The summed E-state index contributed by atoms with van der Waals surface area (Å²) < 4.78 is 0.